The molecule has 1 aliphatic heterocycles. The molecule has 0 saturated carbocycles. The van der Waals surface area contributed by atoms with Crippen LogP contribution in [0.25, 0.3) is 0 Å². The van der Waals surface area contributed by atoms with E-state index in [9.17, 15) is 24.0 Å². The van der Waals surface area contributed by atoms with Gasteiger partial charge in [0.15, 0.2) is 12.2 Å². The maximum atomic E-state index is 11.8. The number of ketones is 1. The molecule has 1 aliphatic rings. The Morgan fingerprint density at radius 3 is 1.52 bits per heavy atom. The average Bonchev–Trinajstić information content (AvgIpc) is 2.50. The molecular formula is C16H22O10S. The number of hydrogen-bond donors (Lipinski definition) is 1. The van der Waals surface area contributed by atoms with Gasteiger partial charge in [0.2, 0.25) is 12.4 Å². The Labute approximate surface area is 161 Å². The Hall–Kier alpha value is -2.14. The highest BCUT2D eigenvalue weighted by Crippen LogP contribution is 2.32. The zero-order chi connectivity index (χ0) is 20.9. The maximum absolute atomic E-state index is 11.8. The van der Waals surface area contributed by atoms with Crippen LogP contribution in [0.1, 0.15) is 34.6 Å². The van der Waals surface area contributed by atoms with Crippen LogP contribution < -0.4 is 0 Å². The maximum Gasteiger partial charge on any atom is 0.305 e. The Balaban J connectivity index is 3.42. The van der Waals surface area contributed by atoms with Gasteiger partial charge in [-0.25, -0.2) is 0 Å². The van der Waals surface area contributed by atoms with E-state index in [1.165, 1.54) is 6.92 Å². The van der Waals surface area contributed by atoms with Gasteiger partial charge < -0.3 is 23.7 Å². The summed E-state index contributed by atoms with van der Waals surface area (Å²) in [5, 5.41) is -1.11. The number of ether oxygens (including phenoxy) is 5. The number of hydrogen-bond acceptors (Lipinski definition) is 11. The van der Waals surface area contributed by atoms with Crippen molar-refractivity contribution >= 4 is 42.3 Å². The van der Waals surface area contributed by atoms with Crippen LogP contribution in [-0.4, -0.2) is 65.6 Å². The zero-order valence-electron chi connectivity index (χ0n) is 15.5. The monoisotopic (exact) mass is 406 g/mol. The van der Waals surface area contributed by atoms with Crippen LogP contribution in [0.15, 0.2) is 0 Å². The van der Waals surface area contributed by atoms with Crippen molar-refractivity contribution in [2.45, 2.75) is 70.6 Å². The second-order valence-electron chi connectivity index (χ2n) is 5.86. The van der Waals surface area contributed by atoms with E-state index in [-0.39, 0.29) is 0 Å². The summed E-state index contributed by atoms with van der Waals surface area (Å²) in [6.07, 6.45) is -6.92. The third-order valence-corrected chi connectivity index (χ3v) is 4.10. The molecule has 0 bridgehead atoms. The predicted molar refractivity (Wildman–Crippen MR) is 90.5 cm³/mol. The summed E-state index contributed by atoms with van der Waals surface area (Å²) in [7, 11) is 0. The molecule has 0 amide bonds. The molecule has 0 radical (unpaired) electrons. The Bertz CT molecular complexity index is 618. The van der Waals surface area contributed by atoms with Gasteiger partial charge in [-0.05, 0) is 6.92 Å². The number of rotatable bonds is 6. The Morgan fingerprint density at radius 2 is 1.11 bits per heavy atom. The van der Waals surface area contributed by atoms with E-state index in [1.54, 1.807) is 0 Å². The fourth-order valence-electron chi connectivity index (χ4n) is 2.55. The summed E-state index contributed by atoms with van der Waals surface area (Å²) in [5.41, 5.74) is 0. The molecule has 0 aromatic rings. The third-order valence-electron chi connectivity index (χ3n) is 3.45. The topological polar surface area (TPSA) is 132 Å². The van der Waals surface area contributed by atoms with Gasteiger partial charge in [-0.1, -0.05) is 0 Å². The molecule has 11 heteroatoms. The molecule has 1 heterocycles. The van der Waals surface area contributed by atoms with Crippen molar-refractivity contribution in [2.24, 2.45) is 0 Å². The summed E-state index contributed by atoms with van der Waals surface area (Å²) >= 11 is 4.16. The quantitative estimate of drug-likeness (QED) is 0.364. The third kappa shape index (κ3) is 6.51. The minimum Gasteiger partial charge on any atom is -0.456 e. The molecule has 0 spiro atoms. The van der Waals surface area contributed by atoms with E-state index in [2.05, 4.69) is 12.6 Å². The van der Waals surface area contributed by atoms with Crippen molar-refractivity contribution in [3.63, 3.8) is 0 Å². The average molecular weight is 406 g/mol. The van der Waals surface area contributed by atoms with E-state index < -0.39 is 65.6 Å². The van der Waals surface area contributed by atoms with E-state index in [4.69, 9.17) is 23.7 Å². The summed E-state index contributed by atoms with van der Waals surface area (Å²) in [4.78, 5) is 57.8. The molecule has 27 heavy (non-hydrogen) atoms. The lowest BCUT2D eigenvalue weighted by Crippen LogP contribution is -2.64. The number of esters is 4. The Morgan fingerprint density at radius 1 is 0.704 bits per heavy atom. The number of thiol groups is 1. The standard InChI is InChI=1S/C16H22O10S/c1-6(17)15(27)13-11(22-7(2)18)12(23-8(3)19)14(24-9(4)20)16(26-13)25-10(5)21/h11-16,27H,1-5H3/t11-,12+,13+,14-,15?,16+/m1/s1. The first-order chi connectivity index (χ1) is 12.4. The SMILES string of the molecule is CC(=O)O[C@H]1O[C@H](C(S)C(C)=O)[C@H](OC(C)=O)[C@H](OC(C)=O)[C@H]1OC(C)=O. The first kappa shape index (κ1) is 22.9. The number of carbonyl (C=O) groups excluding carboxylic acids is 5. The second kappa shape index (κ2) is 9.70. The van der Waals surface area contributed by atoms with Crippen LogP contribution in [-0.2, 0) is 47.7 Å². The van der Waals surface area contributed by atoms with Gasteiger partial charge in [-0.2, -0.15) is 12.6 Å². The molecule has 10 nitrogen and oxygen atoms in total. The van der Waals surface area contributed by atoms with Gasteiger partial charge in [0, 0.05) is 27.7 Å². The number of Topliss-reactive ketones (excluding diaryl/α,β-unsaturated/α-hetero) is 1. The highest BCUT2D eigenvalue weighted by Gasteiger charge is 2.55. The molecule has 1 unspecified atom stereocenters. The van der Waals surface area contributed by atoms with Crippen LogP contribution in [0.5, 0.6) is 0 Å². The van der Waals surface area contributed by atoms with Crippen molar-refractivity contribution < 1.29 is 47.7 Å². The minimum absolute atomic E-state index is 0.436. The van der Waals surface area contributed by atoms with E-state index in [1.807, 2.05) is 0 Å². The number of carbonyl (C=O) groups is 5. The smallest absolute Gasteiger partial charge is 0.305 e. The van der Waals surface area contributed by atoms with Crippen molar-refractivity contribution in [1.82, 2.24) is 0 Å². The molecule has 152 valence electrons. The summed E-state index contributed by atoms with van der Waals surface area (Å²) in [5.74, 6) is -3.54. The molecule has 6 atom stereocenters. The van der Waals surface area contributed by atoms with Crippen LogP contribution in [0.3, 0.4) is 0 Å². The van der Waals surface area contributed by atoms with Gasteiger partial charge >= 0.3 is 23.9 Å². The zero-order valence-corrected chi connectivity index (χ0v) is 16.4. The van der Waals surface area contributed by atoms with Gasteiger partial charge in [0.05, 0.1) is 5.25 Å². The predicted octanol–water partition coefficient (Wildman–Crippen LogP) is -0.0431. The van der Waals surface area contributed by atoms with E-state index >= 15 is 0 Å². The molecule has 1 fully saturated rings. The van der Waals surface area contributed by atoms with Crippen LogP contribution in [0.2, 0.25) is 0 Å². The van der Waals surface area contributed by atoms with Gasteiger partial charge in [-0.15, -0.1) is 0 Å². The fraction of sp³-hybridized carbons (Fsp3) is 0.688. The van der Waals surface area contributed by atoms with E-state index in [0.29, 0.717) is 0 Å². The first-order valence-electron chi connectivity index (χ1n) is 7.96. The first-order valence-corrected chi connectivity index (χ1v) is 8.48. The van der Waals surface area contributed by atoms with Crippen molar-refractivity contribution in [1.29, 1.82) is 0 Å². The lowest BCUT2D eigenvalue weighted by Gasteiger charge is -2.44. The summed E-state index contributed by atoms with van der Waals surface area (Å²) in [6.45, 7) is 5.59. The molecular weight excluding hydrogens is 384 g/mol. The molecule has 0 aliphatic carbocycles. The fourth-order valence-corrected chi connectivity index (χ4v) is 2.79. The van der Waals surface area contributed by atoms with Crippen LogP contribution in [0.4, 0.5) is 0 Å². The normalized spacial score (nSPS) is 28.4. The highest BCUT2D eigenvalue weighted by atomic mass is 32.1. The molecule has 0 aromatic heterocycles. The van der Waals surface area contributed by atoms with Crippen molar-refractivity contribution in [3.05, 3.63) is 0 Å². The largest absolute Gasteiger partial charge is 0.456 e. The molecule has 1 rings (SSSR count). The minimum atomic E-state index is -1.51. The van der Waals surface area contributed by atoms with Gasteiger partial charge in [0.1, 0.15) is 11.9 Å². The lowest BCUT2D eigenvalue weighted by atomic mass is 9.94. The van der Waals surface area contributed by atoms with Crippen molar-refractivity contribution in [3.8, 4) is 0 Å². The molecule has 0 N–H and O–H groups in total. The van der Waals surface area contributed by atoms with Gasteiger partial charge in [-0.3, -0.25) is 24.0 Å². The van der Waals surface area contributed by atoms with E-state index in [0.717, 1.165) is 27.7 Å². The lowest BCUT2D eigenvalue weighted by molar-refractivity contribution is -0.294. The second-order valence-corrected chi connectivity index (χ2v) is 6.41. The Kier molecular flexibility index (Phi) is 8.22. The van der Waals surface area contributed by atoms with Crippen LogP contribution >= 0.6 is 12.6 Å². The highest BCUT2D eigenvalue weighted by molar-refractivity contribution is 7.81. The van der Waals surface area contributed by atoms with Crippen molar-refractivity contribution in [2.75, 3.05) is 0 Å². The van der Waals surface area contributed by atoms with Crippen LogP contribution in [0, 0.1) is 0 Å². The molecule has 1 saturated heterocycles. The van der Waals surface area contributed by atoms with Gasteiger partial charge in [0.25, 0.3) is 0 Å². The summed E-state index contributed by atoms with van der Waals surface area (Å²) < 4.78 is 26.0. The summed E-state index contributed by atoms with van der Waals surface area (Å²) in [6, 6.07) is 0. The molecule has 0 aromatic carbocycles.